The minimum Gasteiger partial charge on any atom is -0.494 e. The summed E-state index contributed by atoms with van der Waals surface area (Å²) in [6, 6.07) is 4.18. The molecule has 2 aromatic carbocycles. The van der Waals surface area contributed by atoms with E-state index >= 15 is 8.78 Å². The van der Waals surface area contributed by atoms with Gasteiger partial charge in [-0.15, -0.1) is 0 Å². The molecule has 9 nitrogen and oxygen atoms in total. The molecular weight excluding hydrogens is 520 g/mol. The highest BCUT2D eigenvalue weighted by molar-refractivity contribution is 6.01. The van der Waals surface area contributed by atoms with E-state index < -0.39 is 34.7 Å². The number of hydrogen-bond donors (Lipinski definition) is 2. The summed E-state index contributed by atoms with van der Waals surface area (Å²) < 4.78 is 70.0. The van der Waals surface area contributed by atoms with Gasteiger partial charge in [0.1, 0.15) is 5.65 Å². The molecule has 39 heavy (non-hydrogen) atoms. The molecule has 3 heterocycles. The molecule has 0 bridgehead atoms. The highest BCUT2D eigenvalue weighted by Crippen LogP contribution is 2.40. The van der Waals surface area contributed by atoms with E-state index in [0.717, 1.165) is 24.3 Å². The number of halogens is 4. The number of benzene rings is 2. The van der Waals surface area contributed by atoms with Gasteiger partial charge in [0.2, 0.25) is 11.9 Å². The van der Waals surface area contributed by atoms with Gasteiger partial charge < -0.3 is 20.1 Å². The third-order valence-electron chi connectivity index (χ3n) is 5.80. The zero-order valence-corrected chi connectivity index (χ0v) is 20.4. The first-order valence-corrected chi connectivity index (χ1v) is 11.2. The predicted molar refractivity (Wildman–Crippen MR) is 135 cm³/mol. The number of pyridine rings is 1. The Bertz CT molecular complexity index is 1760. The molecule has 0 atom stereocenters. The van der Waals surface area contributed by atoms with Gasteiger partial charge in [0.25, 0.3) is 0 Å². The van der Waals surface area contributed by atoms with E-state index in [1.165, 1.54) is 43.3 Å². The summed E-state index contributed by atoms with van der Waals surface area (Å²) in [4.78, 5) is 24.6. The summed E-state index contributed by atoms with van der Waals surface area (Å²) in [6.07, 6.45) is 5.27. The topological polar surface area (TPSA) is 103 Å². The Labute approximate surface area is 217 Å². The Balaban J connectivity index is 1.65. The van der Waals surface area contributed by atoms with E-state index in [0.29, 0.717) is 5.39 Å². The molecule has 0 aliphatic heterocycles. The van der Waals surface area contributed by atoms with Crippen LogP contribution in [-0.2, 0) is 4.79 Å². The van der Waals surface area contributed by atoms with Gasteiger partial charge in [-0.1, -0.05) is 6.58 Å². The lowest BCUT2D eigenvalue weighted by molar-refractivity contribution is -0.111. The van der Waals surface area contributed by atoms with Crippen LogP contribution in [0.3, 0.4) is 0 Å². The summed E-state index contributed by atoms with van der Waals surface area (Å²) in [5, 5.41) is 5.49. The van der Waals surface area contributed by atoms with Crippen molar-refractivity contribution in [3.63, 3.8) is 0 Å². The van der Waals surface area contributed by atoms with Crippen molar-refractivity contribution < 1.29 is 31.8 Å². The number of rotatable bonds is 7. The molecule has 5 rings (SSSR count). The van der Waals surface area contributed by atoms with Crippen molar-refractivity contribution in [2.24, 2.45) is 0 Å². The molecule has 1 amide bonds. The number of fused-ring (bicyclic) bond motifs is 3. The second-order valence-electron chi connectivity index (χ2n) is 8.07. The zero-order valence-electron chi connectivity index (χ0n) is 20.4. The molecule has 0 fully saturated rings. The summed E-state index contributed by atoms with van der Waals surface area (Å²) in [5.74, 6) is -5.41. The number of anilines is 3. The van der Waals surface area contributed by atoms with Gasteiger partial charge in [0.05, 0.1) is 31.2 Å². The van der Waals surface area contributed by atoms with Gasteiger partial charge in [0.15, 0.2) is 40.4 Å². The highest BCUT2D eigenvalue weighted by Gasteiger charge is 2.25. The van der Waals surface area contributed by atoms with Crippen LogP contribution in [0.4, 0.5) is 34.9 Å². The minimum absolute atomic E-state index is 0.0328. The normalized spacial score (nSPS) is 11.0. The third kappa shape index (κ3) is 4.43. The van der Waals surface area contributed by atoms with Gasteiger partial charge in [-0.2, -0.15) is 4.98 Å². The fraction of sp³-hybridized carbons (Fsp3) is 0.0769. The maximum Gasteiger partial charge on any atom is 0.247 e. The minimum atomic E-state index is -1.18. The number of amides is 1. The molecular formula is C26H18F4N6O3. The predicted octanol–water partition coefficient (Wildman–Crippen LogP) is 5.39. The number of nitrogens with zero attached hydrogens (tertiary/aromatic N) is 4. The highest BCUT2D eigenvalue weighted by atomic mass is 19.2. The molecule has 2 N–H and O–H groups in total. The SMILES string of the molecule is C=CC(=O)Nc1cc(F)c(F)cc1Nc1ncc2cc(-c3c(F)c(OC)cc(OC)c3F)c3nccn3c2n1. The molecule has 0 spiro atoms. The lowest BCUT2D eigenvalue weighted by Crippen LogP contribution is -2.11. The fourth-order valence-electron chi connectivity index (χ4n) is 3.99. The number of hydrogen-bond acceptors (Lipinski definition) is 7. The van der Waals surface area contributed by atoms with Crippen LogP contribution >= 0.6 is 0 Å². The van der Waals surface area contributed by atoms with Gasteiger partial charge in [0, 0.05) is 47.7 Å². The molecule has 3 aromatic heterocycles. The van der Waals surface area contributed by atoms with E-state index in [1.807, 2.05) is 0 Å². The molecule has 0 aliphatic rings. The monoisotopic (exact) mass is 538 g/mol. The van der Waals surface area contributed by atoms with E-state index in [9.17, 15) is 13.6 Å². The average Bonchev–Trinajstić information content (AvgIpc) is 3.42. The van der Waals surface area contributed by atoms with Gasteiger partial charge in [-0.05, 0) is 12.1 Å². The first kappa shape index (κ1) is 25.4. The van der Waals surface area contributed by atoms with Crippen LogP contribution in [0.2, 0.25) is 0 Å². The number of nitrogens with one attached hydrogen (secondary N) is 2. The fourth-order valence-corrected chi connectivity index (χ4v) is 3.99. The maximum absolute atomic E-state index is 15.3. The van der Waals surface area contributed by atoms with E-state index in [4.69, 9.17) is 9.47 Å². The molecule has 198 valence electrons. The van der Waals surface area contributed by atoms with Crippen LogP contribution in [0.25, 0.3) is 27.8 Å². The van der Waals surface area contributed by atoms with Crippen molar-refractivity contribution >= 4 is 39.9 Å². The van der Waals surface area contributed by atoms with Crippen LogP contribution in [0.5, 0.6) is 11.5 Å². The first-order valence-electron chi connectivity index (χ1n) is 11.2. The van der Waals surface area contributed by atoms with Crippen LogP contribution < -0.4 is 20.1 Å². The van der Waals surface area contributed by atoms with Gasteiger partial charge in [-0.25, -0.2) is 27.5 Å². The number of ether oxygens (including phenoxy) is 2. The Morgan fingerprint density at radius 2 is 1.62 bits per heavy atom. The molecule has 5 aromatic rings. The van der Waals surface area contributed by atoms with Crippen molar-refractivity contribution in [3.8, 4) is 22.6 Å². The molecule has 0 unspecified atom stereocenters. The molecule has 0 aliphatic carbocycles. The van der Waals surface area contributed by atoms with Crippen molar-refractivity contribution in [2.75, 3.05) is 24.9 Å². The van der Waals surface area contributed by atoms with Crippen LogP contribution in [-0.4, -0.2) is 39.5 Å². The Morgan fingerprint density at radius 3 is 2.26 bits per heavy atom. The van der Waals surface area contributed by atoms with Crippen molar-refractivity contribution in [1.82, 2.24) is 19.4 Å². The van der Waals surface area contributed by atoms with E-state index in [-0.39, 0.29) is 45.7 Å². The summed E-state index contributed by atoms with van der Waals surface area (Å²) in [7, 11) is 2.49. The third-order valence-corrected chi connectivity index (χ3v) is 5.80. The number of carbonyl (C=O) groups excluding carboxylic acids is 1. The lowest BCUT2D eigenvalue weighted by atomic mass is 10.0. The second-order valence-corrected chi connectivity index (χ2v) is 8.07. The molecule has 0 radical (unpaired) electrons. The smallest absolute Gasteiger partial charge is 0.247 e. The number of carbonyl (C=O) groups is 1. The van der Waals surface area contributed by atoms with Gasteiger partial charge >= 0.3 is 0 Å². The quantitative estimate of drug-likeness (QED) is 0.212. The zero-order chi connectivity index (χ0) is 27.8. The standard InChI is InChI=1S/C26H18F4N6O3/c1-4-20(37)33-16-8-14(27)15(28)9-17(16)34-26-32-11-12-7-13(25-31-5-6-36(25)24(12)35-26)21-22(29)18(38-2)10-19(39-3)23(21)30/h4-11H,1H2,2-3H3,(H,33,37)(H,32,34,35). The molecule has 0 saturated heterocycles. The maximum atomic E-state index is 15.3. The van der Waals surface area contributed by atoms with Crippen molar-refractivity contribution in [2.45, 2.75) is 0 Å². The van der Waals surface area contributed by atoms with Gasteiger partial charge in [-0.3, -0.25) is 9.20 Å². The first-order chi connectivity index (χ1) is 18.7. The molecule has 0 saturated carbocycles. The summed E-state index contributed by atoms with van der Waals surface area (Å²) in [6.45, 7) is 3.33. The van der Waals surface area contributed by atoms with E-state index in [1.54, 1.807) is 0 Å². The summed E-state index contributed by atoms with van der Waals surface area (Å²) in [5.41, 5.74) is -0.0151. The van der Waals surface area contributed by atoms with Crippen molar-refractivity contribution in [3.05, 3.63) is 78.8 Å². The number of methoxy groups -OCH3 is 2. The van der Waals surface area contributed by atoms with Crippen LogP contribution in [0, 0.1) is 23.3 Å². The second kappa shape index (κ2) is 9.93. The molecule has 13 heteroatoms. The van der Waals surface area contributed by atoms with Crippen LogP contribution in [0.1, 0.15) is 0 Å². The van der Waals surface area contributed by atoms with E-state index in [2.05, 4.69) is 32.2 Å². The Hall–Kier alpha value is -5.20. The lowest BCUT2D eigenvalue weighted by Gasteiger charge is -2.15. The number of aromatic nitrogens is 4. The summed E-state index contributed by atoms with van der Waals surface area (Å²) >= 11 is 0. The number of imidazole rings is 1. The van der Waals surface area contributed by atoms with Crippen LogP contribution in [0.15, 0.2) is 55.5 Å². The largest absolute Gasteiger partial charge is 0.494 e. The van der Waals surface area contributed by atoms with Crippen molar-refractivity contribution in [1.29, 1.82) is 0 Å². The Kier molecular flexibility index (Phi) is 6.48. The Morgan fingerprint density at radius 1 is 0.949 bits per heavy atom. The average molecular weight is 538 g/mol.